The Kier molecular flexibility index (Phi) is 7.78. The Morgan fingerprint density at radius 1 is 1.16 bits per heavy atom. The van der Waals surface area contributed by atoms with Gasteiger partial charge in [-0.2, -0.15) is 11.8 Å². The van der Waals surface area contributed by atoms with Crippen molar-refractivity contribution in [3.8, 4) is 0 Å². The average Bonchev–Trinajstić information content (AvgIpc) is 3.29. The Morgan fingerprint density at radius 3 is 2.69 bits per heavy atom. The number of rotatable bonds is 9. The molecule has 3 aromatic rings. The molecule has 2 heterocycles. The van der Waals surface area contributed by atoms with E-state index in [1.165, 1.54) is 40.2 Å². The molecule has 1 aliphatic heterocycles. The molecule has 3 unspecified atom stereocenters. The predicted molar refractivity (Wildman–Crippen MR) is 128 cm³/mol. The highest BCUT2D eigenvalue weighted by Gasteiger charge is 2.25. The number of aliphatic hydroxyl groups is 1. The molecule has 4 nitrogen and oxygen atoms in total. The van der Waals surface area contributed by atoms with Gasteiger partial charge in [-0.05, 0) is 47.2 Å². The fourth-order valence-corrected chi connectivity index (χ4v) is 5.72. The van der Waals surface area contributed by atoms with Gasteiger partial charge in [0.05, 0.1) is 23.9 Å². The minimum Gasteiger partial charge on any atom is -0.390 e. The fourth-order valence-electron chi connectivity index (χ4n) is 4.01. The van der Waals surface area contributed by atoms with Crippen molar-refractivity contribution in [2.75, 3.05) is 17.6 Å². The Hall–Kier alpha value is -2.00. The molecule has 0 saturated carbocycles. The lowest BCUT2D eigenvalue weighted by atomic mass is 9.97. The molecule has 32 heavy (non-hydrogen) atoms. The van der Waals surface area contributed by atoms with E-state index in [4.69, 9.17) is 0 Å². The first-order chi connectivity index (χ1) is 15.5. The number of benzene rings is 2. The third kappa shape index (κ3) is 5.86. The zero-order chi connectivity index (χ0) is 22.5. The average molecular weight is 476 g/mol. The van der Waals surface area contributed by atoms with Crippen molar-refractivity contribution in [2.45, 2.75) is 43.7 Å². The van der Waals surface area contributed by atoms with Gasteiger partial charge in [0.25, 0.3) is 0 Å². The predicted octanol–water partition coefficient (Wildman–Crippen LogP) is 4.95. The van der Waals surface area contributed by atoms with Crippen molar-refractivity contribution in [3.63, 3.8) is 0 Å². The third-order valence-electron chi connectivity index (χ3n) is 5.71. The van der Waals surface area contributed by atoms with Crippen LogP contribution in [0.2, 0.25) is 0 Å². The molecule has 0 amide bonds. The Morgan fingerprint density at radius 2 is 1.97 bits per heavy atom. The molecular weight excluding hydrogens is 448 g/mol. The number of aliphatic hydroxyl groups excluding tert-OH is 1. The molecule has 0 aliphatic carbocycles. The van der Waals surface area contributed by atoms with Crippen molar-refractivity contribution < 1.29 is 13.9 Å². The quantitative estimate of drug-likeness (QED) is 0.409. The van der Waals surface area contributed by atoms with Crippen LogP contribution < -0.4 is 10.6 Å². The molecule has 4 rings (SSSR count). The van der Waals surface area contributed by atoms with Crippen molar-refractivity contribution in [1.82, 2.24) is 10.3 Å². The first kappa shape index (κ1) is 23.2. The number of fused-ring (bicyclic) bond motifs is 1. The zero-order valence-corrected chi connectivity index (χ0v) is 19.5. The molecule has 3 atom stereocenters. The van der Waals surface area contributed by atoms with Crippen molar-refractivity contribution in [1.29, 1.82) is 0 Å². The maximum Gasteiger partial charge on any atom is 0.126 e. The number of hydrogen-bond donors (Lipinski definition) is 3. The van der Waals surface area contributed by atoms with Gasteiger partial charge in [0.2, 0.25) is 0 Å². The summed E-state index contributed by atoms with van der Waals surface area (Å²) in [6, 6.07) is 9.86. The van der Waals surface area contributed by atoms with E-state index in [0.717, 1.165) is 29.0 Å². The van der Waals surface area contributed by atoms with Gasteiger partial charge in [-0.15, -0.1) is 11.3 Å². The van der Waals surface area contributed by atoms with E-state index in [0.29, 0.717) is 12.1 Å². The molecule has 0 fully saturated rings. The van der Waals surface area contributed by atoms with Crippen LogP contribution in [0.5, 0.6) is 0 Å². The van der Waals surface area contributed by atoms with Crippen LogP contribution in [0.1, 0.15) is 35.2 Å². The van der Waals surface area contributed by atoms with Gasteiger partial charge in [-0.1, -0.05) is 25.1 Å². The molecular formula is C24H27F2N3OS2. The number of nitrogens with one attached hydrogen (secondary N) is 2. The lowest BCUT2D eigenvalue weighted by molar-refractivity contribution is 0.146. The number of halogens is 2. The summed E-state index contributed by atoms with van der Waals surface area (Å²) in [5.41, 5.74) is 6.14. The number of hydrogen-bond acceptors (Lipinski definition) is 6. The Labute approximate surface area is 195 Å². The maximum absolute atomic E-state index is 13.7. The van der Waals surface area contributed by atoms with Crippen LogP contribution >= 0.6 is 23.1 Å². The highest BCUT2D eigenvalue weighted by Crippen LogP contribution is 2.32. The summed E-state index contributed by atoms with van der Waals surface area (Å²) in [4.78, 5) is 4.07. The second-order valence-corrected chi connectivity index (χ2v) is 9.94. The second kappa shape index (κ2) is 10.7. The van der Waals surface area contributed by atoms with Crippen molar-refractivity contribution in [3.05, 3.63) is 82.0 Å². The summed E-state index contributed by atoms with van der Waals surface area (Å²) < 4.78 is 27.4. The van der Waals surface area contributed by atoms with Gasteiger partial charge >= 0.3 is 0 Å². The highest BCUT2D eigenvalue weighted by molar-refractivity contribution is 7.98. The molecule has 3 N–H and O–H groups in total. The summed E-state index contributed by atoms with van der Waals surface area (Å²) >= 11 is 3.30. The second-order valence-electron chi connectivity index (χ2n) is 8.03. The van der Waals surface area contributed by atoms with Gasteiger partial charge < -0.3 is 15.7 Å². The summed E-state index contributed by atoms with van der Waals surface area (Å²) in [6.07, 6.45) is 2.18. The van der Waals surface area contributed by atoms with Gasteiger partial charge in [-0.3, -0.25) is 4.98 Å². The number of thiazole rings is 1. The smallest absolute Gasteiger partial charge is 0.126 e. The van der Waals surface area contributed by atoms with Crippen LogP contribution in [-0.2, 0) is 18.6 Å². The van der Waals surface area contributed by atoms with Crippen molar-refractivity contribution >= 4 is 28.1 Å². The summed E-state index contributed by atoms with van der Waals surface area (Å²) in [5.74, 6) is 0.703. The van der Waals surface area contributed by atoms with Crippen LogP contribution in [0.25, 0.3) is 0 Å². The Balaban J connectivity index is 1.47. The summed E-state index contributed by atoms with van der Waals surface area (Å²) in [6.45, 7) is 2.51. The molecule has 1 aliphatic rings. The van der Waals surface area contributed by atoms with E-state index in [-0.39, 0.29) is 12.5 Å². The van der Waals surface area contributed by atoms with E-state index < -0.39 is 23.8 Å². The normalized spacial score (nSPS) is 17.6. The van der Waals surface area contributed by atoms with Crippen molar-refractivity contribution in [2.24, 2.45) is 0 Å². The summed E-state index contributed by atoms with van der Waals surface area (Å²) in [5, 5.41) is 18.7. The number of thioether (sulfide) groups is 1. The largest absolute Gasteiger partial charge is 0.390 e. The van der Waals surface area contributed by atoms with Crippen LogP contribution in [-0.4, -0.2) is 34.5 Å². The standard InChI is InChI=1S/C24H27F2N3OS2/c1-2-15-3-4-17-12-31-13-22(20(17)7-15)28-10-23(30)21(29-24-11-27-14-32-24)8-16-5-18(25)9-19(26)6-16/h3-7,9,11,14,21-23,28-30H,2,8,10,12-13H2,1H3. The minimum atomic E-state index is -0.770. The van der Waals surface area contributed by atoms with E-state index in [2.05, 4.69) is 40.7 Å². The molecule has 8 heteroatoms. The van der Waals surface area contributed by atoms with Gasteiger partial charge in [-0.25, -0.2) is 8.78 Å². The highest BCUT2D eigenvalue weighted by atomic mass is 32.2. The topological polar surface area (TPSA) is 57.2 Å². The number of nitrogens with zero attached hydrogens (tertiary/aromatic N) is 1. The van der Waals surface area contributed by atoms with E-state index in [9.17, 15) is 13.9 Å². The van der Waals surface area contributed by atoms with E-state index in [1.807, 2.05) is 11.8 Å². The number of aromatic nitrogens is 1. The van der Waals surface area contributed by atoms with E-state index in [1.54, 1.807) is 11.7 Å². The first-order valence-corrected chi connectivity index (χ1v) is 12.8. The molecule has 0 bridgehead atoms. The molecule has 0 saturated heterocycles. The minimum absolute atomic E-state index is 0.153. The first-order valence-electron chi connectivity index (χ1n) is 10.7. The molecule has 1 aromatic heterocycles. The zero-order valence-electron chi connectivity index (χ0n) is 17.9. The van der Waals surface area contributed by atoms with Crippen LogP contribution in [0.3, 0.4) is 0 Å². The SMILES string of the molecule is CCc1ccc2c(c1)C(NCC(O)C(Cc1cc(F)cc(F)c1)Nc1cncs1)CSC2. The van der Waals surface area contributed by atoms with Gasteiger partial charge in [0.1, 0.15) is 16.6 Å². The van der Waals surface area contributed by atoms with Crippen LogP contribution in [0, 0.1) is 11.6 Å². The van der Waals surface area contributed by atoms with Gasteiger partial charge in [0, 0.05) is 30.2 Å². The molecule has 2 aromatic carbocycles. The third-order valence-corrected chi connectivity index (χ3v) is 7.50. The molecule has 0 spiro atoms. The number of anilines is 1. The lowest BCUT2D eigenvalue weighted by Gasteiger charge is -2.30. The summed E-state index contributed by atoms with van der Waals surface area (Å²) in [7, 11) is 0. The fraction of sp³-hybridized carbons (Fsp3) is 0.375. The van der Waals surface area contributed by atoms with Crippen LogP contribution in [0.15, 0.2) is 48.1 Å². The molecule has 0 radical (unpaired) electrons. The maximum atomic E-state index is 13.7. The lowest BCUT2D eigenvalue weighted by Crippen LogP contribution is -2.43. The van der Waals surface area contributed by atoms with Gasteiger partial charge in [0.15, 0.2) is 0 Å². The molecule has 170 valence electrons. The number of aryl methyl sites for hydroxylation is 1. The van der Waals surface area contributed by atoms with Crippen LogP contribution in [0.4, 0.5) is 13.8 Å². The monoisotopic (exact) mass is 475 g/mol. The Bertz CT molecular complexity index is 1010. The van der Waals surface area contributed by atoms with E-state index >= 15 is 0 Å².